The topological polar surface area (TPSA) is 36.9 Å². The van der Waals surface area contributed by atoms with Gasteiger partial charge in [-0.3, -0.25) is 0 Å². The Labute approximate surface area is 130 Å². The first-order chi connectivity index (χ1) is 10.3. The maximum absolute atomic E-state index is 5.47. The molecule has 0 radical (unpaired) electrons. The monoisotopic (exact) mass is 302 g/mol. The lowest BCUT2D eigenvalue weighted by Crippen LogP contribution is -2.06. The van der Waals surface area contributed by atoms with Crippen LogP contribution in [-0.2, 0) is 18.9 Å². The summed E-state index contributed by atoms with van der Waals surface area (Å²) in [6, 6.07) is 0. The standard InChI is InChI=1S/C17H34O4/c1-5-7-8-9-10-11-12-14-20-15-21-17(19-4)16(18-3)13-6-2/h5-15H2,1-4H3. The molecular weight excluding hydrogens is 268 g/mol. The number of ether oxygens (including phenoxy) is 4. The summed E-state index contributed by atoms with van der Waals surface area (Å²) in [7, 11) is 3.22. The molecule has 0 fully saturated rings. The Kier molecular flexibility index (Phi) is 14.8. The van der Waals surface area contributed by atoms with E-state index < -0.39 is 0 Å². The summed E-state index contributed by atoms with van der Waals surface area (Å²) >= 11 is 0. The zero-order chi connectivity index (χ0) is 15.8. The molecule has 0 atom stereocenters. The van der Waals surface area contributed by atoms with E-state index >= 15 is 0 Å². The molecule has 0 aromatic carbocycles. The van der Waals surface area contributed by atoms with Crippen molar-refractivity contribution in [2.24, 2.45) is 0 Å². The lowest BCUT2D eigenvalue weighted by molar-refractivity contribution is -0.0746. The summed E-state index contributed by atoms with van der Waals surface area (Å²) in [6.07, 6.45) is 10.8. The van der Waals surface area contributed by atoms with Crippen LogP contribution in [0, 0.1) is 0 Å². The van der Waals surface area contributed by atoms with Gasteiger partial charge in [-0.1, -0.05) is 52.4 Å². The molecule has 0 aliphatic carbocycles. The van der Waals surface area contributed by atoms with Gasteiger partial charge >= 0.3 is 5.95 Å². The first-order valence-electron chi connectivity index (χ1n) is 8.31. The fraction of sp³-hybridized carbons (Fsp3) is 0.882. The van der Waals surface area contributed by atoms with Gasteiger partial charge in [0.2, 0.25) is 0 Å². The van der Waals surface area contributed by atoms with E-state index in [0.29, 0.717) is 5.95 Å². The van der Waals surface area contributed by atoms with E-state index in [-0.39, 0.29) is 6.79 Å². The number of hydrogen-bond donors (Lipinski definition) is 0. The van der Waals surface area contributed by atoms with Gasteiger partial charge in [0, 0.05) is 6.42 Å². The molecule has 0 heterocycles. The molecule has 126 valence electrons. The van der Waals surface area contributed by atoms with Gasteiger partial charge < -0.3 is 18.9 Å². The van der Waals surface area contributed by atoms with Crippen molar-refractivity contribution in [1.82, 2.24) is 0 Å². The molecular formula is C17H34O4. The maximum Gasteiger partial charge on any atom is 0.320 e. The largest absolute Gasteiger partial charge is 0.494 e. The third kappa shape index (κ3) is 11.4. The Bertz CT molecular complexity index is 251. The molecule has 0 aromatic heterocycles. The summed E-state index contributed by atoms with van der Waals surface area (Å²) in [4.78, 5) is 0. The second-order valence-corrected chi connectivity index (χ2v) is 5.16. The first-order valence-corrected chi connectivity index (χ1v) is 8.31. The highest BCUT2D eigenvalue weighted by Gasteiger charge is 2.08. The third-order valence-corrected chi connectivity index (χ3v) is 3.30. The van der Waals surface area contributed by atoms with E-state index in [2.05, 4.69) is 13.8 Å². The van der Waals surface area contributed by atoms with Crippen molar-refractivity contribution in [3.05, 3.63) is 11.7 Å². The minimum absolute atomic E-state index is 0.218. The molecule has 0 aromatic rings. The minimum atomic E-state index is 0.218. The highest BCUT2D eigenvalue weighted by molar-refractivity contribution is 4.94. The van der Waals surface area contributed by atoms with Crippen molar-refractivity contribution in [3.8, 4) is 0 Å². The van der Waals surface area contributed by atoms with Gasteiger partial charge in [-0.2, -0.15) is 0 Å². The summed E-state index contributed by atoms with van der Waals surface area (Å²) < 4.78 is 21.4. The van der Waals surface area contributed by atoms with Crippen molar-refractivity contribution in [2.75, 3.05) is 27.6 Å². The molecule has 0 amide bonds. The lowest BCUT2D eigenvalue weighted by Gasteiger charge is -2.13. The number of methoxy groups -OCH3 is 2. The van der Waals surface area contributed by atoms with Gasteiger partial charge in [-0.25, -0.2) is 0 Å². The molecule has 0 rings (SSSR count). The minimum Gasteiger partial charge on any atom is -0.494 e. The van der Waals surface area contributed by atoms with Crippen molar-refractivity contribution in [2.45, 2.75) is 71.6 Å². The van der Waals surface area contributed by atoms with Crippen molar-refractivity contribution in [1.29, 1.82) is 0 Å². The van der Waals surface area contributed by atoms with Crippen LogP contribution >= 0.6 is 0 Å². The van der Waals surface area contributed by atoms with E-state index in [9.17, 15) is 0 Å². The Morgan fingerprint density at radius 1 is 0.762 bits per heavy atom. The molecule has 4 nitrogen and oxygen atoms in total. The second kappa shape index (κ2) is 15.5. The fourth-order valence-corrected chi connectivity index (χ4v) is 2.08. The van der Waals surface area contributed by atoms with E-state index in [1.165, 1.54) is 38.5 Å². The zero-order valence-corrected chi connectivity index (χ0v) is 14.4. The summed E-state index contributed by atoms with van der Waals surface area (Å²) in [5.41, 5.74) is 0. The van der Waals surface area contributed by atoms with Crippen LogP contribution in [-0.4, -0.2) is 27.6 Å². The molecule has 0 spiro atoms. The first kappa shape index (κ1) is 20.1. The predicted molar refractivity (Wildman–Crippen MR) is 85.8 cm³/mol. The van der Waals surface area contributed by atoms with Crippen LogP contribution in [0.3, 0.4) is 0 Å². The quantitative estimate of drug-likeness (QED) is 0.242. The van der Waals surface area contributed by atoms with E-state index in [1.54, 1.807) is 14.2 Å². The third-order valence-electron chi connectivity index (χ3n) is 3.30. The van der Waals surface area contributed by atoms with Crippen LogP contribution in [0.4, 0.5) is 0 Å². The molecule has 21 heavy (non-hydrogen) atoms. The molecule has 0 aliphatic rings. The molecule has 0 N–H and O–H groups in total. The van der Waals surface area contributed by atoms with Gasteiger partial charge in [0.25, 0.3) is 0 Å². The molecule has 0 saturated heterocycles. The van der Waals surface area contributed by atoms with Crippen molar-refractivity contribution < 1.29 is 18.9 Å². The van der Waals surface area contributed by atoms with Gasteiger partial charge in [-0.15, -0.1) is 0 Å². The highest BCUT2D eigenvalue weighted by atomic mass is 16.7. The maximum atomic E-state index is 5.47. The molecule has 4 heteroatoms. The number of allylic oxidation sites excluding steroid dienone is 1. The van der Waals surface area contributed by atoms with Crippen molar-refractivity contribution in [3.63, 3.8) is 0 Å². The van der Waals surface area contributed by atoms with Crippen molar-refractivity contribution >= 4 is 0 Å². The van der Waals surface area contributed by atoms with Gasteiger partial charge in [0.15, 0.2) is 12.6 Å². The average Bonchev–Trinajstić information content (AvgIpc) is 2.51. The average molecular weight is 302 g/mol. The zero-order valence-electron chi connectivity index (χ0n) is 14.4. The SMILES string of the molecule is CCCCCCCCCOCOC(OC)=C(CCC)OC. The molecule has 0 saturated carbocycles. The summed E-state index contributed by atoms with van der Waals surface area (Å²) in [6.45, 7) is 5.28. The van der Waals surface area contributed by atoms with E-state index in [1.807, 2.05) is 0 Å². The molecule has 0 aliphatic heterocycles. The fourth-order valence-electron chi connectivity index (χ4n) is 2.08. The molecule has 0 unspecified atom stereocenters. The smallest absolute Gasteiger partial charge is 0.320 e. The predicted octanol–water partition coefficient (Wildman–Crippen LogP) is 4.99. The summed E-state index contributed by atoms with van der Waals surface area (Å²) in [5.74, 6) is 1.17. The van der Waals surface area contributed by atoms with Crippen LogP contribution in [0.15, 0.2) is 11.7 Å². The number of unbranched alkanes of at least 4 members (excludes halogenated alkanes) is 6. The van der Waals surface area contributed by atoms with Crippen LogP contribution in [0.25, 0.3) is 0 Å². The van der Waals surface area contributed by atoms with Crippen LogP contribution in [0.1, 0.15) is 71.6 Å². The Hall–Kier alpha value is -0.900. The van der Waals surface area contributed by atoms with Crippen LogP contribution in [0.5, 0.6) is 0 Å². The van der Waals surface area contributed by atoms with Gasteiger partial charge in [0.1, 0.15) is 0 Å². The van der Waals surface area contributed by atoms with E-state index in [0.717, 1.165) is 31.6 Å². The highest BCUT2D eigenvalue weighted by Crippen LogP contribution is 2.14. The van der Waals surface area contributed by atoms with Gasteiger partial charge in [-0.05, 0) is 12.8 Å². The molecule has 0 bridgehead atoms. The lowest BCUT2D eigenvalue weighted by atomic mass is 10.1. The Morgan fingerprint density at radius 2 is 1.43 bits per heavy atom. The Balaban J connectivity index is 3.59. The number of hydrogen-bond acceptors (Lipinski definition) is 4. The van der Waals surface area contributed by atoms with Gasteiger partial charge in [0.05, 0.1) is 20.8 Å². The normalized spacial score (nSPS) is 12.0. The number of rotatable bonds is 15. The van der Waals surface area contributed by atoms with E-state index in [4.69, 9.17) is 18.9 Å². The van der Waals surface area contributed by atoms with Crippen LogP contribution in [0.2, 0.25) is 0 Å². The van der Waals surface area contributed by atoms with Crippen LogP contribution < -0.4 is 0 Å². The second-order valence-electron chi connectivity index (χ2n) is 5.16. The Morgan fingerprint density at radius 3 is 2.00 bits per heavy atom. The summed E-state index contributed by atoms with van der Waals surface area (Å²) in [5, 5.41) is 0.